The maximum Gasteiger partial charge on any atom is 0.364 e. The summed E-state index contributed by atoms with van der Waals surface area (Å²) in [5.41, 5.74) is 1.12. The van der Waals surface area contributed by atoms with Gasteiger partial charge in [0.1, 0.15) is 11.1 Å². The number of rotatable bonds is 0. The van der Waals surface area contributed by atoms with Crippen LogP contribution in [-0.2, 0) is 7.05 Å². The van der Waals surface area contributed by atoms with Crippen LogP contribution in [-0.4, -0.2) is 15.0 Å². The minimum absolute atomic E-state index is 0.397. The summed E-state index contributed by atoms with van der Waals surface area (Å²) < 4.78 is 6.58. The largest absolute Gasteiger partial charge is 0.421 e. The summed E-state index contributed by atoms with van der Waals surface area (Å²) in [6, 6.07) is 7.28. The standard InChI is InChI=1S/C10H7N3O2/c1-13-9-8(11-12-13)6-4-2-3-5-7(6)15-10(9)14/h2-5H,1H3. The van der Waals surface area contributed by atoms with Crippen molar-refractivity contribution < 1.29 is 4.42 Å². The van der Waals surface area contributed by atoms with E-state index in [0.717, 1.165) is 5.39 Å². The number of benzene rings is 1. The second-order valence-corrected chi connectivity index (χ2v) is 3.30. The smallest absolute Gasteiger partial charge is 0.364 e. The molecule has 0 atom stereocenters. The van der Waals surface area contributed by atoms with Gasteiger partial charge in [-0.3, -0.25) is 0 Å². The lowest BCUT2D eigenvalue weighted by molar-refractivity contribution is 0.563. The van der Waals surface area contributed by atoms with E-state index in [1.54, 1.807) is 13.1 Å². The van der Waals surface area contributed by atoms with E-state index in [4.69, 9.17) is 4.42 Å². The first-order valence-corrected chi connectivity index (χ1v) is 4.48. The molecule has 0 fully saturated rings. The maximum absolute atomic E-state index is 11.6. The first-order chi connectivity index (χ1) is 7.27. The highest BCUT2D eigenvalue weighted by molar-refractivity contribution is 5.99. The van der Waals surface area contributed by atoms with Crippen molar-refractivity contribution in [3.63, 3.8) is 0 Å². The molecule has 0 amide bonds. The van der Waals surface area contributed by atoms with Crippen LogP contribution in [0.15, 0.2) is 33.5 Å². The zero-order chi connectivity index (χ0) is 10.4. The Morgan fingerprint density at radius 2 is 2.13 bits per heavy atom. The van der Waals surface area contributed by atoms with Gasteiger partial charge in [-0.25, -0.2) is 9.48 Å². The normalized spacial score (nSPS) is 11.3. The molecular formula is C10H7N3O2. The molecule has 2 heterocycles. The van der Waals surface area contributed by atoms with Crippen LogP contribution >= 0.6 is 0 Å². The molecule has 0 aliphatic carbocycles. The van der Waals surface area contributed by atoms with Gasteiger partial charge in [0.05, 0.1) is 0 Å². The van der Waals surface area contributed by atoms with Crippen LogP contribution in [0.25, 0.3) is 22.0 Å². The maximum atomic E-state index is 11.6. The third-order valence-corrected chi connectivity index (χ3v) is 2.36. The molecule has 3 aromatic rings. The summed E-state index contributed by atoms with van der Waals surface area (Å²) in [4.78, 5) is 11.6. The highest BCUT2D eigenvalue weighted by Crippen LogP contribution is 2.19. The van der Waals surface area contributed by atoms with Crippen molar-refractivity contribution in [1.29, 1.82) is 0 Å². The van der Waals surface area contributed by atoms with E-state index >= 15 is 0 Å². The fourth-order valence-electron chi connectivity index (χ4n) is 1.67. The molecule has 0 aliphatic rings. The van der Waals surface area contributed by atoms with Crippen molar-refractivity contribution in [2.45, 2.75) is 0 Å². The van der Waals surface area contributed by atoms with E-state index in [1.165, 1.54) is 4.68 Å². The van der Waals surface area contributed by atoms with E-state index in [-0.39, 0.29) is 0 Å². The van der Waals surface area contributed by atoms with Gasteiger partial charge in [0.15, 0.2) is 5.52 Å². The van der Waals surface area contributed by atoms with Gasteiger partial charge in [-0.2, -0.15) is 0 Å². The fraction of sp³-hybridized carbons (Fsp3) is 0.100. The Kier molecular flexibility index (Phi) is 1.45. The molecule has 0 saturated heterocycles. The number of fused-ring (bicyclic) bond motifs is 3. The molecule has 0 radical (unpaired) electrons. The zero-order valence-electron chi connectivity index (χ0n) is 7.97. The van der Waals surface area contributed by atoms with Gasteiger partial charge in [0, 0.05) is 12.4 Å². The molecule has 0 saturated carbocycles. The first-order valence-electron chi connectivity index (χ1n) is 4.48. The summed E-state index contributed by atoms with van der Waals surface area (Å²) in [5.74, 6) is 0. The topological polar surface area (TPSA) is 60.9 Å². The van der Waals surface area contributed by atoms with Crippen LogP contribution in [0.3, 0.4) is 0 Å². The average Bonchev–Trinajstić information content (AvgIpc) is 2.62. The number of aromatic nitrogens is 3. The molecule has 2 aromatic heterocycles. The van der Waals surface area contributed by atoms with Gasteiger partial charge in [0.25, 0.3) is 0 Å². The fourth-order valence-corrected chi connectivity index (χ4v) is 1.67. The van der Waals surface area contributed by atoms with E-state index < -0.39 is 5.63 Å². The average molecular weight is 201 g/mol. The number of para-hydroxylation sites is 1. The summed E-state index contributed by atoms with van der Waals surface area (Å²) in [5, 5.41) is 8.58. The first kappa shape index (κ1) is 8.16. The van der Waals surface area contributed by atoms with Crippen molar-refractivity contribution in [3.05, 3.63) is 34.7 Å². The summed E-state index contributed by atoms with van der Waals surface area (Å²) in [6.45, 7) is 0. The molecule has 15 heavy (non-hydrogen) atoms. The van der Waals surface area contributed by atoms with Crippen molar-refractivity contribution in [1.82, 2.24) is 15.0 Å². The molecule has 5 heteroatoms. The van der Waals surface area contributed by atoms with Crippen molar-refractivity contribution in [2.24, 2.45) is 7.05 Å². The van der Waals surface area contributed by atoms with Gasteiger partial charge in [-0.15, -0.1) is 5.10 Å². The lowest BCUT2D eigenvalue weighted by Gasteiger charge is -1.95. The Hall–Kier alpha value is -2.17. The highest BCUT2D eigenvalue weighted by atomic mass is 16.4. The second kappa shape index (κ2) is 2.66. The molecular weight excluding hydrogens is 194 g/mol. The molecule has 5 nitrogen and oxygen atoms in total. The minimum Gasteiger partial charge on any atom is -0.421 e. The van der Waals surface area contributed by atoms with Gasteiger partial charge in [-0.05, 0) is 12.1 Å². The molecule has 1 aromatic carbocycles. The number of nitrogens with zero attached hydrogens (tertiary/aromatic N) is 3. The van der Waals surface area contributed by atoms with E-state index in [0.29, 0.717) is 16.6 Å². The SMILES string of the molecule is Cn1nnc2c3ccccc3oc(=O)c21. The Labute approximate surface area is 83.9 Å². The number of hydrogen-bond acceptors (Lipinski definition) is 4. The lowest BCUT2D eigenvalue weighted by Crippen LogP contribution is -2.04. The van der Waals surface area contributed by atoms with Crippen molar-refractivity contribution in [3.8, 4) is 0 Å². The van der Waals surface area contributed by atoms with Gasteiger partial charge in [0.2, 0.25) is 0 Å². The lowest BCUT2D eigenvalue weighted by atomic mass is 10.2. The third kappa shape index (κ3) is 0.999. The quantitative estimate of drug-likeness (QED) is 0.510. The van der Waals surface area contributed by atoms with Crippen molar-refractivity contribution in [2.75, 3.05) is 0 Å². The van der Waals surface area contributed by atoms with Crippen LogP contribution in [0.1, 0.15) is 0 Å². The van der Waals surface area contributed by atoms with Crippen LogP contribution in [0.2, 0.25) is 0 Å². The van der Waals surface area contributed by atoms with Gasteiger partial charge < -0.3 is 4.42 Å². The predicted octanol–water partition coefficient (Wildman–Crippen LogP) is 1.07. The number of hydrogen-bond donors (Lipinski definition) is 0. The third-order valence-electron chi connectivity index (χ3n) is 2.36. The van der Waals surface area contributed by atoms with E-state index in [1.807, 2.05) is 18.2 Å². The van der Waals surface area contributed by atoms with Crippen LogP contribution in [0.4, 0.5) is 0 Å². The van der Waals surface area contributed by atoms with E-state index in [2.05, 4.69) is 10.3 Å². The zero-order valence-corrected chi connectivity index (χ0v) is 7.97. The molecule has 74 valence electrons. The summed E-state index contributed by atoms with van der Waals surface area (Å²) in [6.07, 6.45) is 0. The van der Waals surface area contributed by atoms with Gasteiger partial charge >= 0.3 is 5.63 Å². The van der Waals surface area contributed by atoms with Crippen LogP contribution in [0, 0.1) is 0 Å². The minimum atomic E-state index is -0.406. The van der Waals surface area contributed by atoms with Crippen molar-refractivity contribution >= 4 is 22.0 Å². The van der Waals surface area contributed by atoms with Crippen LogP contribution in [0.5, 0.6) is 0 Å². The van der Waals surface area contributed by atoms with E-state index in [9.17, 15) is 4.79 Å². The molecule has 0 N–H and O–H groups in total. The Bertz CT molecular complexity index is 711. The second-order valence-electron chi connectivity index (χ2n) is 3.30. The van der Waals surface area contributed by atoms with Crippen LogP contribution < -0.4 is 5.63 Å². The summed E-state index contributed by atoms with van der Waals surface area (Å²) >= 11 is 0. The molecule has 3 rings (SSSR count). The monoisotopic (exact) mass is 201 g/mol. The molecule has 0 unspecified atom stereocenters. The Balaban J connectivity index is 2.71. The highest BCUT2D eigenvalue weighted by Gasteiger charge is 2.11. The molecule has 0 spiro atoms. The number of aryl methyl sites for hydroxylation is 1. The molecule has 0 bridgehead atoms. The van der Waals surface area contributed by atoms with Gasteiger partial charge in [-0.1, -0.05) is 17.3 Å². The Morgan fingerprint density at radius 3 is 3.00 bits per heavy atom. The molecule has 0 aliphatic heterocycles. The Morgan fingerprint density at radius 1 is 1.33 bits per heavy atom. The summed E-state index contributed by atoms with van der Waals surface area (Å²) in [7, 11) is 1.67. The predicted molar refractivity (Wildman–Crippen MR) is 54.6 cm³/mol.